The van der Waals surface area contributed by atoms with Crippen molar-refractivity contribution in [3.8, 4) is 0 Å². The molecule has 6 nitrogen and oxygen atoms in total. The molecule has 0 heterocycles. The molecule has 0 saturated carbocycles. The molecular formula is C7H13NO5. The molecule has 0 aliphatic rings. The van der Waals surface area contributed by atoms with E-state index in [0.29, 0.717) is 19.4 Å². The molecule has 0 aromatic rings. The molecule has 0 atom stereocenters. The molecule has 0 unspecified atom stereocenters. The fraction of sp³-hybridized carbons (Fsp3) is 0.857. The number of nitrogens with zero attached hydrogens (tertiary/aromatic N) is 1. The summed E-state index contributed by atoms with van der Waals surface area (Å²) in [7, 11) is 0. The molecule has 0 N–H and O–H groups in total. The lowest BCUT2D eigenvalue weighted by atomic mass is 10.2. The third-order valence-electron chi connectivity index (χ3n) is 1.28. The fourth-order valence-corrected chi connectivity index (χ4v) is 0.744. The van der Waals surface area contributed by atoms with Crippen LogP contribution in [-0.4, -0.2) is 24.3 Å². The number of hydrogen-bond donors (Lipinski definition) is 0. The molecule has 0 amide bonds. The zero-order valence-corrected chi connectivity index (χ0v) is 7.52. The van der Waals surface area contributed by atoms with Crippen molar-refractivity contribution in [2.45, 2.75) is 26.2 Å². The normalized spacial score (nSPS) is 9.31. The second kappa shape index (κ2) is 7.33. The van der Waals surface area contributed by atoms with E-state index in [0.717, 1.165) is 0 Å². The first-order valence-electron chi connectivity index (χ1n) is 4.09. The van der Waals surface area contributed by atoms with Crippen LogP contribution in [0.25, 0.3) is 0 Å². The van der Waals surface area contributed by atoms with Crippen LogP contribution in [0.3, 0.4) is 0 Å². The second-order valence-electron chi connectivity index (χ2n) is 2.32. The van der Waals surface area contributed by atoms with Crippen LogP contribution in [0.5, 0.6) is 0 Å². The molecule has 0 rings (SSSR count). The van der Waals surface area contributed by atoms with Gasteiger partial charge in [-0.3, -0.25) is 4.79 Å². The van der Waals surface area contributed by atoms with E-state index >= 15 is 0 Å². The van der Waals surface area contributed by atoms with E-state index in [1.165, 1.54) is 0 Å². The Kier molecular flexibility index (Phi) is 6.58. The number of hydrogen-bond acceptors (Lipinski definition) is 5. The Morgan fingerprint density at radius 2 is 2.15 bits per heavy atom. The highest BCUT2D eigenvalue weighted by molar-refractivity contribution is 5.69. The summed E-state index contributed by atoms with van der Waals surface area (Å²) in [5.41, 5.74) is 0. The van der Waals surface area contributed by atoms with Crippen molar-refractivity contribution in [2.75, 3.05) is 13.2 Å². The minimum Gasteiger partial charge on any atom is -0.466 e. The Morgan fingerprint density at radius 1 is 1.46 bits per heavy atom. The molecule has 6 heteroatoms. The summed E-state index contributed by atoms with van der Waals surface area (Å²) in [5.74, 6) is -0.274. The quantitative estimate of drug-likeness (QED) is 0.259. The Bertz CT molecular complexity index is 170. The number of unbranched alkanes of at least 4 members (excludes halogenated alkanes) is 1. The van der Waals surface area contributed by atoms with Crippen LogP contribution in [0, 0.1) is 10.1 Å². The van der Waals surface area contributed by atoms with Crippen LogP contribution in [0.15, 0.2) is 0 Å². The maximum absolute atomic E-state index is 10.7. The largest absolute Gasteiger partial charge is 0.466 e. The SMILES string of the molecule is CCOC(=O)CCCCO[N+](=O)[O-]. The highest BCUT2D eigenvalue weighted by Crippen LogP contribution is 1.98. The molecule has 76 valence electrons. The average molecular weight is 191 g/mol. The van der Waals surface area contributed by atoms with Gasteiger partial charge in [-0.1, -0.05) is 0 Å². The zero-order valence-electron chi connectivity index (χ0n) is 7.52. The van der Waals surface area contributed by atoms with Crippen molar-refractivity contribution in [2.24, 2.45) is 0 Å². The smallest absolute Gasteiger partial charge is 0.305 e. The highest BCUT2D eigenvalue weighted by atomic mass is 16.9. The average Bonchev–Trinajstić information content (AvgIpc) is 2.03. The van der Waals surface area contributed by atoms with Gasteiger partial charge in [-0.05, 0) is 19.8 Å². The molecule has 0 aliphatic heterocycles. The topological polar surface area (TPSA) is 78.7 Å². The van der Waals surface area contributed by atoms with Crippen LogP contribution in [0.2, 0.25) is 0 Å². The summed E-state index contributed by atoms with van der Waals surface area (Å²) in [6, 6.07) is 0. The first-order valence-corrected chi connectivity index (χ1v) is 4.09. The predicted molar refractivity (Wildman–Crippen MR) is 43.4 cm³/mol. The number of carbonyl (C=O) groups excluding carboxylic acids is 1. The first-order chi connectivity index (χ1) is 6.16. The van der Waals surface area contributed by atoms with Gasteiger partial charge in [0.25, 0.3) is 5.09 Å². The fourth-order valence-electron chi connectivity index (χ4n) is 0.744. The Labute approximate surface area is 75.9 Å². The number of esters is 1. The minimum absolute atomic E-state index is 0.0341. The minimum atomic E-state index is -0.843. The third-order valence-corrected chi connectivity index (χ3v) is 1.28. The predicted octanol–water partition coefficient (Wildman–Crippen LogP) is 0.928. The zero-order chi connectivity index (χ0) is 10.1. The van der Waals surface area contributed by atoms with Gasteiger partial charge in [-0.25, -0.2) is 0 Å². The molecular weight excluding hydrogens is 178 g/mol. The molecule has 13 heavy (non-hydrogen) atoms. The van der Waals surface area contributed by atoms with Crippen molar-refractivity contribution in [3.05, 3.63) is 10.1 Å². The standard InChI is InChI=1S/C7H13NO5/c1-2-12-7(9)5-3-4-6-13-8(10)11/h2-6H2,1H3. The molecule has 0 aromatic carbocycles. The van der Waals surface area contributed by atoms with Crippen molar-refractivity contribution in [1.82, 2.24) is 0 Å². The van der Waals surface area contributed by atoms with Crippen molar-refractivity contribution in [3.63, 3.8) is 0 Å². The monoisotopic (exact) mass is 191 g/mol. The summed E-state index contributed by atoms with van der Waals surface area (Å²) in [6.45, 7) is 2.13. The molecule has 0 spiro atoms. The van der Waals surface area contributed by atoms with Gasteiger partial charge in [0, 0.05) is 6.42 Å². The van der Waals surface area contributed by atoms with E-state index in [1.807, 2.05) is 0 Å². The van der Waals surface area contributed by atoms with Gasteiger partial charge in [-0.2, -0.15) is 0 Å². The van der Waals surface area contributed by atoms with Gasteiger partial charge in [0.05, 0.1) is 13.2 Å². The maximum Gasteiger partial charge on any atom is 0.305 e. The number of ether oxygens (including phenoxy) is 1. The van der Waals surface area contributed by atoms with E-state index in [4.69, 9.17) is 0 Å². The van der Waals surface area contributed by atoms with Gasteiger partial charge in [0.1, 0.15) is 0 Å². The van der Waals surface area contributed by atoms with Crippen LogP contribution < -0.4 is 0 Å². The molecule has 0 aromatic heterocycles. The van der Waals surface area contributed by atoms with Gasteiger partial charge in [0.15, 0.2) is 0 Å². The summed E-state index contributed by atoms with van der Waals surface area (Å²) in [6.07, 6.45) is 1.32. The van der Waals surface area contributed by atoms with E-state index in [2.05, 4.69) is 9.57 Å². The Hall–Kier alpha value is -1.33. The molecule has 0 bridgehead atoms. The first kappa shape index (κ1) is 11.7. The van der Waals surface area contributed by atoms with Gasteiger partial charge in [0.2, 0.25) is 0 Å². The van der Waals surface area contributed by atoms with Crippen LogP contribution in [0.1, 0.15) is 26.2 Å². The molecule has 0 aliphatic carbocycles. The van der Waals surface area contributed by atoms with Gasteiger partial charge in [-0.15, -0.1) is 10.1 Å². The summed E-state index contributed by atoms with van der Waals surface area (Å²) in [5, 5.41) is 8.85. The summed E-state index contributed by atoms with van der Waals surface area (Å²) in [4.78, 5) is 24.5. The highest BCUT2D eigenvalue weighted by Gasteiger charge is 2.01. The summed E-state index contributed by atoms with van der Waals surface area (Å²) < 4.78 is 4.66. The number of carbonyl (C=O) groups is 1. The molecule has 0 radical (unpaired) electrons. The van der Waals surface area contributed by atoms with E-state index in [-0.39, 0.29) is 19.0 Å². The maximum atomic E-state index is 10.7. The third kappa shape index (κ3) is 8.58. The lowest BCUT2D eigenvalue weighted by Gasteiger charge is -2.00. The van der Waals surface area contributed by atoms with Crippen LogP contribution in [-0.2, 0) is 14.4 Å². The van der Waals surface area contributed by atoms with Crippen molar-refractivity contribution < 1.29 is 19.5 Å². The lowest BCUT2D eigenvalue weighted by molar-refractivity contribution is -0.757. The number of rotatable bonds is 7. The van der Waals surface area contributed by atoms with Gasteiger partial charge >= 0.3 is 5.97 Å². The van der Waals surface area contributed by atoms with E-state index in [9.17, 15) is 14.9 Å². The lowest BCUT2D eigenvalue weighted by Crippen LogP contribution is -2.05. The Morgan fingerprint density at radius 3 is 2.69 bits per heavy atom. The second-order valence-corrected chi connectivity index (χ2v) is 2.32. The van der Waals surface area contributed by atoms with Gasteiger partial charge < -0.3 is 9.57 Å². The van der Waals surface area contributed by atoms with E-state index in [1.54, 1.807) is 6.92 Å². The van der Waals surface area contributed by atoms with Crippen LogP contribution in [0.4, 0.5) is 0 Å². The van der Waals surface area contributed by atoms with Crippen molar-refractivity contribution in [1.29, 1.82) is 0 Å². The summed E-state index contributed by atoms with van der Waals surface area (Å²) >= 11 is 0. The van der Waals surface area contributed by atoms with Crippen LogP contribution >= 0.6 is 0 Å². The molecule has 0 saturated heterocycles. The van der Waals surface area contributed by atoms with Crippen molar-refractivity contribution >= 4 is 5.97 Å². The Balaban J connectivity index is 3.16. The molecule has 0 fully saturated rings. The van der Waals surface area contributed by atoms with E-state index < -0.39 is 5.09 Å².